The minimum Gasteiger partial charge on any atom is -0.207 e. The normalized spacial score (nSPS) is 9.88. The maximum Gasteiger partial charge on any atom is 0.132 e. The molecule has 0 unspecified atom stereocenters. The minimum atomic E-state index is -0.475. The van der Waals surface area contributed by atoms with E-state index in [0.717, 1.165) is 5.56 Å². The first-order chi connectivity index (χ1) is 22.2. The van der Waals surface area contributed by atoms with Gasteiger partial charge in [-0.15, -0.1) is 0 Å². The van der Waals surface area contributed by atoms with Crippen LogP contribution in [0.3, 0.4) is 0 Å². The summed E-state index contributed by atoms with van der Waals surface area (Å²) in [6, 6.07) is 20.1. The number of aryl methyl sites for hydroxylation is 8. The van der Waals surface area contributed by atoms with Gasteiger partial charge in [-0.25, -0.2) is 30.7 Å². The van der Waals surface area contributed by atoms with Crippen molar-refractivity contribution in [2.45, 2.75) is 76.2 Å². The zero-order valence-corrected chi connectivity index (χ0v) is 29.6. The van der Waals surface area contributed by atoms with Crippen LogP contribution in [0.1, 0.15) is 61.2 Å². The molecule has 0 saturated heterocycles. The van der Waals surface area contributed by atoms with Crippen LogP contribution in [0.15, 0.2) is 72.8 Å². The molecule has 0 aliphatic rings. The molecule has 48 heavy (non-hydrogen) atoms. The highest BCUT2D eigenvalue weighted by Gasteiger charge is 2.09. The Bertz CT molecular complexity index is 1670. The van der Waals surface area contributed by atoms with Gasteiger partial charge in [-0.05, 0) is 152 Å². The van der Waals surface area contributed by atoms with Crippen LogP contribution in [0.5, 0.6) is 0 Å². The Balaban J connectivity index is 0.000000301. The van der Waals surface area contributed by atoms with Gasteiger partial charge in [-0.3, -0.25) is 0 Å². The molecule has 0 aliphatic heterocycles. The van der Waals surface area contributed by atoms with Gasteiger partial charge in [0.15, 0.2) is 0 Å². The van der Waals surface area contributed by atoms with Crippen LogP contribution >= 0.6 is 0 Å². The van der Waals surface area contributed by atoms with Crippen LogP contribution in [0.25, 0.3) is 0 Å². The van der Waals surface area contributed by atoms with E-state index in [1.165, 1.54) is 75.2 Å². The number of hydrogen-bond acceptors (Lipinski definition) is 0. The second-order valence-electron chi connectivity index (χ2n) is 11.9. The van der Waals surface area contributed by atoms with Crippen molar-refractivity contribution in [1.82, 2.24) is 0 Å². The van der Waals surface area contributed by atoms with Crippen LogP contribution in [-0.4, -0.2) is 0 Å². The lowest BCUT2D eigenvalue weighted by Gasteiger charge is -2.04. The Labute approximate surface area is 281 Å². The Morgan fingerprint density at radius 3 is 1.00 bits per heavy atom. The van der Waals surface area contributed by atoms with Crippen molar-refractivity contribution >= 4 is 0 Å². The molecule has 0 atom stereocenters. The quantitative estimate of drug-likeness (QED) is 0.144. The zero-order chi connectivity index (χ0) is 36.9. The highest BCUT2D eigenvalue weighted by atomic mass is 19.2. The second kappa shape index (κ2) is 19.4. The average Bonchev–Trinajstić information content (AvgIpc) is 3.01. The highest BCUT2D eigenvalue weighted by molar-refractivity contribution is 5.32. The minimum absolute atomic E-state index is 0.0885. The fourth-order valence-electron chi connectivity index (χ4n) is 3.82. The zero-order valence-electron chi connectivity index (χ0n) is 29.6. The summed E-state index contributed by atoms with van der Waals surface area (Å²) < 4.78 is 88.8. The van der Waals surface area contributed by atoms with Gasteiger partial charge < -0.3 is 0 Å². The van der Waals surface area contributed by atoms with E-state index in [1.807, 2.05) is 13.0 Å². The first-order valence-electron chi connectivity index (χ1n) is 15.3. The van der Waals surface area contributed by atoms with E-state index in [4.69, 9.17) is 0 Å². The van der Waals surface area contributed by atoms with E-state index >= 15 is 0 Å². The standard InChI is InChI=1S/C9H10F2.2C8H8F2.C8H9F.C8H10/c1-5-4-8(10)7(3)9(11)6(5)2;1-5-3-8(10)6(2)4-7(5)9;1-5-3-7(9)6(2)8(10)4-5;1-6-3-4-7(2)8(9)5-6;1-7-3-5-8(2)6-4-7/h4H,1-3H3;2*3-4H,1-2H3;3-5H,1-2H3;3-6H,1-2H3. The first kappa shape index (κ1) is 41.6. The molecule has 0 N–H and O–H groups in total. The number of hydrogen-bond donors (Lipinski definition) is 0. The third-order valence-corrected chi connectivity index (χ3v) is 7.36. The third kappa shape index (κ3) is 13.8. The van der Waals surface area contributed by atoms with Gasteiger partial charge in [-0.2, -0.15) is 0 Å². The van der Waals surface area contributed by atoms with Crippen LogP contribution in [0.2, 0.25) is 0 Å². The number of rotatable bonds is 0. The van der Waals surface area contributed by atoms with Gasteiger partial charge >= 0.3 is 0 Å². The van der Waals surface area contributed by atoms with E-state index < -0.39 is 23.3 Å². The van der Waals surface area contributed by atoms with Crippen LogP contribution < -0.4 is 0 Å². The molecule has 0 fully saturated rings. The summed E-state index contributed by atoms with van der Waals surface area (Å²) in [5.74, 6) is -2.66. The molecule has 0 nitrogen and oxygen atoms in total. The van der Waals surface area contributed by atoms with Crippen molar-refractivity contribution in [3.8, 4) is 0 Å². The van der Waals surface area contributed by atoms with Gasteiger partial charge in [0.1, 0.15) is 40.7 Å². The molecule has 5 aromatic rings. The molecule has 0 saturated carbocycles. The van der Waals surface area contributed by atoms with Crippen molar-refractivity contribution in [3.05, 3.63) is 175 Å². The van der Waals surface area contributed by atoms with E-state index in [9.17, 15) is 30.7 Å². The summed E-state index contributed by atoms with van der Waals surface area (Å²) in [4.78, 5) is 0. The Hall–Kier alpha value is -4.39. The Kier molecular flexibility index (Phi) is 16.9. The lowest BCUT2D eigenvalue weighted by atomic mass is 10.1. The smallest absolute Gasteiger partial charge is 0.132 e. The van der Waals surface area contributed by atoms with E-state index in [0.29, 0.717) is 33.4 Å². The summed E-state index contributed by atoms with van der Waals surface area (Å²) in [6.07, 6.45) is 0. The average molecular weight is 671 g/mol. The van der Waals surface area contributed by atoms with Gasteiger partial charge in [0.25, 0.3) is 0 Å². The molecule has 5 aromatic carbocycles. The van der Waals surface area contributed by atoms with Crippen LogP contribution in [0, 0.1) is 117 Å². The fraction of sp³-hybridized carbons (Fsp3) is 0.268. The molecule has 0 bridgehead atoms. The summed E-state index contributed by atoms with van der Waals surface area (Å²) in [5.41, 5.74) is 7.03. The van der Waals surface area contributed by atoms with Crippen molar-refractivity contribution in [1.29, 1.82) is 0 Å². The van der Waals surface area contributed by atoms with E-state index in [1.54, 1.807) is 33.8 Å². The largest absolute Gasteiger partial charge is 0.207 e. The Morgan fingerprint density at radius 2 is 0.604 bits per heavy atom. The predicted octanol–water partition coefficient (Wildman–Crippen LogP) is 12.8. The van der Waals surface area contributed by atoms with Gasteiger partial charge in [0, 0.05) is 11.1 Å². The molecular weight excluding hydrogens is 625 g/mol. The molecular formula is C41H45F7. The van der Waals surface area contributed by atoms with E-state index in [-0.39, 0.29) is 28.6 Å². The lowest BCUT2D eigenvalue weighted by molar-refractivity contribution is 0.560. The summed E-state index contributed by atoms with van der Waals surface area (Å²) in [7, 11) is 0. The van der Waals surface area contributed by atoms with Crippen molar-refractivity contribution in [2.75, 3.05) is 0 Å². The van der Waals surface area contributed by atoms with Crippen molar-refractivity contribution < 1.29 is 30.7 Å². The lowest BCUT2D eigenvalue weighted by Crippen LogP contribution is -1.95. The molecule has 0 amide bonds. The van der Waals surface area contributed by atoms with Crippen molar-refractivity contribution in [3.63, 3.8) is 0 Å². The third-order valence-electron chi connectivity index (χ3n) is 7.36. The molecule has 7 heteroatoms. The van der Waals surface area contributed by atoms with Gasteiger partial charge in [0.2, 0.25) is 0 Å². The van der Waals surface area contributed by atoms with Gasteiger partial charge in [-0.1, -0.05) is 47.5 Å². The van der Waals surface area contributed by atoms with Crippen molar-refractivity contribution in [2.24, 2.45) is 0 Å². The maximum atomic E-state index is 13.0. The first-order valence-corrected chi connectivity index (χ1v) is 15.3. The molecule has 0 aliphatic carbocycles. The number of benzene rings is 5. The molecule has 258 valence electrons. The fourth-order valence-corrected chi connectivity index (χ4v) is 3.82. The Morgan fingerprint density at radius 1 is 0.271 bits per heavy atom. The maximum absolute atomic E-state index is 13.0. The molecule has 0 spiro atoms. The van der Waals surface area contributed by atoms with E-state index in [2.05, 4.69) is 38.1 Å². The van der Waals surface area contributed by atoms with Crippen LogP contribution in [0.4, 0.5) is 30.7 Å². The molecule has 0 aromatic heterocycles. The SMILES string of the molecule is Cc1cc(F)c(C)c(F)c1.Cc1cc(F)c(C)c(F)c1C.Cc1cc(F)c(C)cc1F.Cc1ccc(C)c(F)c1.Cc1ccc(C)cc1. The summed E-state index contributed by atoms with van der Waals surface area (Å²) >= 11 is 0. The highest BCUT2D eigenvalue weighted by Crippen LogP contribution is 2.19. The summed E-state index contributed by atoms with van der Waals surface area (Å²) in [5, 5.41) is 0. The molecule has 0 heterocycles. The summed E-state index contributed by atoms with van der Waals surface area (Å²) in [6.45, 7) is 18.8. The predicted molar refractivity (Wildman–Crippen MR) is 184 cm³/mol. The number of halogens is 7. The topological polar surface area (TPSA) is 0 Å². The van der Waals surface area contributed by atoms with Crippen LogP contribution in [-0.2, 0) is 0 Å². The van der Waals surface area contributed by atoms with Gasteiger partial charge in [0.05, 0.1) is 0 Å². The molecule has 0 radical (unpaired) electrons. The molecule has 5 rings (SSSR count). The second-order valence-corrected chi connectivity index (χ2v) is 11.9. The monoisotopic (exact) mass is 670 g/mol.